The van der Waals surface area contributed by atoms with Crippen molar-refractivity contribution in [3.8, 4) is 17.1 Å². The summed E-state index contributed by atoms with van der Waals surface area (Å²) in [6.07, 6.45) is 0.160. The molecule has 158 valence electrons. The standard InChI is InChI=1S/C23H21F2N5O/c24-23(25)19-5-2-6-21(29-19)30-20-11-13(7-8-14(20)12-27-30)17-3-1-4-18(28-17)22(26)15-9-16(31)10-15/h1-8,11-12,15-16,22-23,31H,9-10,26H2/t15-,16+,22?. The fourth-order valence-corrected chi connectivity index (χ4v) is 4.00. The van der Waals surface area contributed by atoms with Crippen molar-refractivity contribution in [3.63, 3.8) is 0 Å². The second-order valence-electron chi connectivity index (χ2n) is 7.91. The van der Waals surface area contributed by atoms with E-state index in [1.54, 1.807) is 23.0 Å². The highest BCUT2D eigenvalue weighted by Crippen LogP contribution is 2.36. The number of hydrogen-bond acceptors (Lipinski definition) is 5. The number of benzene rings is 1. The van der Waals surface area contributed by atoms with Gasteiger partial charge in [0.2, 0.25) is 0 Å². The molecule has 8 heteroatoms. The van der Waals surface area contributed by atoms with Crippen LogP contribution >= 0.6 is 0 Å². The van der Waals surface area contributed by atoms with Crippen LogP contribution in [0.25, 0.3) is 28.0 Å². The first-order valence-corrected chi connectivity index (χ1v) is 10.1. The maximum atomic E-state index is 13.1. The Morgan fingerprint density at radius 2 is 1.77 bits per heavy atom. The molecule has 1 atom stereocenters. The summed E-state index contributed by atoms with van der Waals surface area (Å²) < 4.78 is 27.7. The number of hydrogen-bond donors (Lipinski definition) is 2. The average Bonchev–Trinajstić information content (AvgIpc) is 3.20. The van der Waals surface area contributed by atoms with Gasteiger partial charge >= 0.3 is 0 Å². The Balaban J connectivity index is 1.51. The summed E-state index contributed by atoms with van der Waals surface area (Å²) in [5.41, 5.74) is 9.23. The van der Waals surface area contributed by atoms with Crippen molar-refractivity contribution in [3.05, 3.63) is 72.2 Å². The van der Waals surface area contributed by atoms with Gasteiger partial charge in [-0.05, 0) is 49.1 Å². The highest BCUT2D eigenvalue weighted by molar-refractivity contribution is 5.84. The van der Waals surface area contributed by atoms with E-state index in [4.69, 9.17) is 10.7 Å². The smallest absolute Gasteiger partial charge is 0.280 e. The summed E-state index contributed by atoms with van der Waals surface area (Å²) in [5, 5.41) is 14.8. The summed E-state index contributed by atoms with van der Waals surface area (Å²) in [5.74, 6) is 0.562. The van der Waals surface area contributed by atoms with Crippen LogP contribution in [0.2, 0.25) is 0 Å². The molecule has 3 heterocycles. The minimum absolute atomic E-state index is 0.223. The number of aromatic nitrogens is 4. The quantitative estimate of drug-likeness (QED) is 0.504. The highest BCUT2D eigenvalue weighted by Gasteiger charge is 2.33. The molecule has 31 heavy (non-hydrogen) atoms. The van der Waals surface area contributed by atoms with Crippen molar-refractivity contribution in [2.24, 2.45) is 11.7 Å². The first-order valence-electron chi connectivity index (χ1n) is 10.1. The van der Waals surface area contributed by atoms with Gasteiger partial charge in [0.05, 0.1) is 35.2 Å². The van der Waals surface area contributed by atoms with E-state index in [1.807, 2.05) is 36.4 Å². The number of nitrogens with two attached hydrogens (primary N) is 1. The van der Waals surface area contributed by atoms with Crippen molar-refractivity contribution in [2.45, 2.75) is 31.4 Å². The van der Waals surface area contributed by atoms with Gasteiger partial charge in [0, 0.05) is 10.9 Å². The third-order valence-electron chi connectivity index (χ3n) is 5.83. The minimum Gasteiger partial charge on any atom is -0.393 e. The first-order chi connectivity index (χ1) is 15.0. The predicted octanol–water partition coefficient (Wildman–Crippen LogP) is 4.19. The summed E-state index contributed by atoms with van der Waals surface area (Å²) in [6.45, 7) is 0. The van der Waals surface area contributed by atoms with Gasteiger partial charge in [0.1, 0.15) is 5.69 Å². The average molecular weight is 421 g/mol. The van der Waals surface area contributed by atoms with Crippen LogP contribution in [-0.2, 0) is 0 Å². The van der Waals surface area contributed by atoms with Crippen molar-refractivity contribution in [1.29, 1.82) is 0 Å². The van der Waals surface area contributed by atoms with Crippen LogP contribution in [0.4, 0.5) is 8.78 Å². The highest BCUT2D eigenvalue weighted by atomic mass is 19.3. The molecule has 0 saturated heterocycles. The van der Waals surface area contributed by atoms with E-state index >= 15 is 0 Å². The number of halogens is 2. The van der Waals surface area contributed by atoms with Crippen molar-refractivity contribution in [2.75, 3.05) is 0 Å². The Hall–Kier alpha value is -3.23. The Bertz CT molecular complexity index is 1240. The van der Waals surface area contributed by atoms with Crippen LogP contribution < -0.4 is 5.73 Å². The maximum absolute atomic E-state index is 13.1. The van der Waals surface area contributed by atoms with Gasteiger partial charge in [0.15, 0.2) is 5.82 Å². The van der Waals surface area contributed by atoms with E-state index in [2.05, 4.69) is 10.1 Å². The monoisotopic (exact) mass is 421 g/mol. The molecule has 1 saturated carbocycles. The first kappa shape index (κ1) is 19.7. The van der Waals surface area contributed by atoms with E-state index in [-0.39, 0.29) is 23.8 Å². The van der Waals surface area contributed by atoms with Crippen molar-refractivity contribution >= 4 is 10.9 Å². The van der Waals surface area contributed by atoms with Gasteiger partial charge in [-0.3, -0.25) is 4.98 Å². The van der Waals surface area contributed by atoms with E-state index in [9.17, 15) is 13.9 Å². The van der Waals surface area contributed by atoms with Gasteiger partial charge in [-0.2, -0.15) is 5.10 Å². The zero-order chi connectivity index (χ0) is 21.5. The number of nitrogens with zero attached hydrogens (tertiary/aromatic N) is 4. The normalized spacial score (nSPS) is 19.5. The second kappa shape index (κ2) is 7.79. The lowest BCUT2D eigenvalue weighted by Crippen LogP contribution is -2.36. The largest absolute Gasteiger partial charge is 0.393 e. The zero-order valence-corrected chi connectivity index (χ0v) is 16.6. The SMILES string of the molecule is NC(c1cccc(-c2ccc3cnn(-c4cccc(C(F)F)n4)c3c2)n1)[C@H]1C[C@@H](O)C1. The van der Waals surface area contributed by atoms with E-state index < -0.39 is 6.43 Å². The Morgan fingerprint density at radius 1 is 1.00 bits per heavy atom. The number of aliphatic hydroxyl groups excluding tert-OH is 1. The molecule has 1 aliphatic carbocycles. The molecule has 3 N–H and O–H groups in total. The second-order valence-corrected chi connectivity index (χ2v) is 7.91. The molecule has 4 aromatic rings. The van der Waals surface area contributed by atoms with E-state index in [0.29, 0.717) is 18.7 Å². The topological polar surface area (TPSA) is 89.9 Å². The number of fused-ring (bicyclic) bond motifs is 1. The fraction of sp³-hybridized carbons (Fsp3) is 0.261. The Kier molecular flexibility index (Phi) is 4.95. The molecule has 0 spiro atoms. The molecule has 6 nitrogen and oxygen atoms in total. The number of alkyl halides is 2. The van der Waals surface area contributed by atoms with Crippen LogP contribution in [0.1, 0.15) is 36.7 Å². The lowest BCUT2D eigenvalue weighted by Gasteiger charge is -2.35. The van der Waals surface area contributed by atoms with Crippen LogP contribution in [0.3, 0.4) is 0 Å². The fourth-order valence-electron chi connectivity index (χ4n) is 4.00. The summed E-state index contributed by atoms with van der Waals surface area (Å²) >= 11 is 0. The van der Waals surface area contributed by atoms with Crippen molar-refractivity contribution in [1.82, 2.24) is 19.7 Å². The Morgan fingerprint density at radius 3 is 2.55 bits per heavy atom. The van der Waals surface area contributed by atoms with Gasteiger partial charge in [-0.15, -0.1) is 0 Å². The van der Waals surface area contributed by atoms with Crippen LogP contribution in [-0.4, -0.2) is 31.0 Å². The lowest BCUT2D eigenvalue weighted by molar-refractivity contribution is 0.0302. The lowest BCUT2D eigenvalue weighted by atomic mass is 9.76. The number of aliphatic hydroxyl groups is 1. The van der Waals surface area contributed by atoms with Crippen molar-refractivity contribution < 1.29 is 13.9 Å². The molecule has 1 unspecified atom stereocenters. The van der Waals surface area contributed by atoms with E-state index in [0.717, 1.165) is 27.9 Å². The predicted molar refractivity (Wildman–Crippen MR) is 113 cm³/mol. The zero-order valence-electron chi connectivity index (χ0n) is 16.6. The molecular formula is C23H21F2N5O. The number of rotatable bonds is 5. The third kappa shape index (κ3) is 3.68. The maximum Gasteiger partial charge on any atom is 0.280 e. The summed E-state index contributed by atoms with van der Waals surface area (Å²) in [4.78, 5) is 8.79. The third-order valence-corrected chi connectivity index (χ3v) is 5.83. The van der Waals surface area contributed by atoms with Gasteiger partial charge < -0.3 is 10.8 Å². The molecule has 1 fully saturated rings. The van der Waals surface area contributed by atoms with Crippen LogP contribution in [0.15, 0.2) is 60.8 Å². The van der Waals surface area contributed by atoms with Gasteiger partial charge in [0.25, 0.3) is 6.43 Å². The van der Waals surface area contributed by atoms with Crippen LogP contribution in [0, 0.1) is 5.92 Å². The molecule has 5 rings (SSSR count). The van der Waals surface area contributed by atoms with E-state index in [1.165, 1.54) is 6.07 Å². The van der Waals surface area contributed by atoms with Gasteiger partial charge in [-0.25, -0.2) is 18.4 Å². The molecule has 0 bridgehead atoms. The minimum atomic E-state index is -2.65. The molecule has 3 aromatic heterocycles. The molecular weight excluding hydrogens is 400 g/mol. The molecule has 1 aromatic carbocycles. The summed E-state index contributed by atoms with van der Waals surface area (Å²) in [6, 6.07) is 15.8. The molecule has 0 aliphatic heterocycles. The molecule has 1 aliphatic rings. The van der Waals surface area contributed by atoms with Gasteiger partial charge in [-0.1, -0.05) is 24.3 Å². The molecule has 0 amide bonds. The number of pyridine rings is 2. The summed E-state index contributed by atoms with van der Waals surface area (Å²) in [7, 11) is 0. The van der Waals surface area contributed by atoms with Crippen LogP contribution in [0.5, 0.6) is 0 Å². The molecule has 0 radical (unpaired) electrons. The Labute approximate surface area is 177 Å².